The Labute approximate surface area is 103 Å². The van der Waals surface area contributed by atoms with E-state index in [2.05, 4.69) is 0 Å². The van der Waals surface area contributed by atoms with Gasteiger partial charge in [0.15, 0.2) is 0 Å². The van der Waals surface area contributed by atoms with E-state index in [9.17, 15) is 14.7 Å². The van der Waals surface area contributed by atoms with Crippen LogP contribution in [0, 0.1) is 5.92 Å². The van der Waals surface area contributed by atoms with E-state index in [0.717, 1.165) is 0 Å². The van der Waals surface area contributed by atoms with Crippen LogP contribution in [0.1, 0.15) is 16.8 Å². The Bertz CT molecular complexity index is 499. The first-order valence-electron chi connectivity index (χ1n) is 5.50. The van der Waals surface area contributed by atoms with E-state index in [1.807, 2.05) is 0 Å². The van der Waals surface area contributed by atoms with E-state index in [-0.39, 0.29) is 36.2 Å². The van der Waals surface area contributed by atoms with Crippen molar-refractivity contribution in [1.82, 2.24) is 0 Å². The standard InChI is InChI=1S/C12H13NO5/c14-6-7-3-11(16)13(5-7)8-1-2-10(15)9(4-8)12(17)18/h1-2,4,7,14-15H,3,5-6H2,(H,17,18). The topological polar surface area (TPSA) is 98.1 Å². The number of aliphatic hydroxyl groups excluding tert-OH is 1. The lowest BCUT2D eigenvalue weighted by molar-refractivity contribution is -0.117. The van der Waals surface area contributed by atoms with Gasteiger partial charge in [0, 0.05) is 31.2 Å². The molecule has 1 amide bonds. The molecule has 6 heteroatoms. The number of benzene rings is 1. The summed E-state index contributed by atoms with van der Waals surface area (Å²) in [6.45, 7) is 0.283. The zero-order valence-electron chi connectivity index (χ0n) is 9.54. The van der Waals surface area contributed by atoms with E-state index in [4.69, 9.17) is 10.2 Å². The average molecular weight is 251 g/mol. The van der Waals surface area contributed by atoms with Gasteiger partial charge >= 0.3 is 5.97 Å². The van der Waals surface area contributed by atoms with E-state index in [1.165, 1.54) is 23.1 Å². The molecule has 1 aromatic carbocycles. The highest BCUT2D eigenvalue weighted by Crippen LogP contribution is 2.28. The number of amides is 1. The summed E-state index contributed by atoms with van der Waals surface area (Å²) in [4.78, 5) is 24.0. The first-order chi connectivity index (χ1) is 8.52. The van der Waals surface area contributed by atoms with Crippen molar-refractivity contribution >= 4 is 17.6 Å². The maximum Gasteiger partial charge on any atom is 0.339 e. The van der Waals surface area contributed by atoms with Gasteiger partial charge in [-0.15, -0.1) is 0 Å². The molecule has 1 saturated heterocycles. The summed E-state index contributed by atoms with van der Waals surface area (Å²) in [7, 11) is 0. The molecular formula is C12H13NO5. The molecule has 1 aliphatic heterocycles. The van der Waals surface area contributed by atoms with Crippen LogP contribution < -0.4 is 4.90 Å². The fraction of sp³-hybridized carbons (Fsp3) is 0.333. The maximum atomic E-state index is 11.7. The lowest BCUT2D eigenvalue weighted by atomic mass is 10.1. The largest absolute Gasteiger partial charge is 0.507 e. The molecule has 0 saturated carbocycles. The Balaban J connectivity index is 2.32. The molecule has 0 aliphatic carbocycles. The second kappa shape index (κ2) is 4.66. The Morgan fingerprint density at radius 1 is 1.44 bits per heavy atom. The van der Waals surface area contributed by atoms with Crippen molar-refractivity contribution in [2.45, 2.75) is 6.42 Å². The minimum Gasteiger partial charge on any atom is -0.507 e. The Morgan fingerprint density at radius 3 is 2.72 bits per heavy atom. The van der Waals surface area contributed by atoms with E-state index in [1.54, 1.807) is 0 Å². The number of hydrogen-bond acceptors (Lipinski definition) is 4. The first-order valence-corrected chi connectivity index (χ1v) is 5.50. The van der Waals surface area contributed by atoms with E-state index in [0.29, 0.717) is 12.2 Å². The number of carboxylic acids is 1. The first kappa shape index (κ1) is 12.4. The number of aliphatic hydroxyl groups is 1. The van der Waals surface area contributed by atoms with Gasteiger partial charge in [-0.3, -0.25) is 4.79 Å². The highest BCUT2D eigenvalue weighted by molar-refractivity contribution is 5.98. The van der Waals surface area contributed by atoms with Gasteiger partial charge in [-0.2, -0.15) is 0 Å². The van der Waals surface area contributed by atoms with Gasteiger partial charge in [0.05, 0.1) is 0 Å². The van der Waals surface area contributed by atoms with E-state index < -0.39 is 5.97 Å². The van der Waals surface area contributed by atoms with Crippen molar-refractivity contribution in [1.29, 1.82) is 0 Å². The van der Waals surface area contributed by atoms with Gasteiger partial charge in [-0.05, 0) is 18.2 Å². The van der Waals surface area contributed by atoms with Gasteiger partial charge < -0.3 is 20.2 Å². The summed E-state index contributed by atoms with van der Waals surface area (Å²) in [6.07, 6.45) is 0.250. The fourth-order valence-electron chi connectivity index (χ4n) is 2.02. The molecule has 6 nitrogen and oxygen atoms in total. The molecule has 3 N–H and O–H groups in total. The third-order valence-electron chi connectivity index (χ3n) is 2.99. The number of aromatic carboxylic acids is 1. The smallest absolute Gasteiger partial charge is 0.339 e. The van der Waals surface area contributed by atoms with Gasteiger partial charge in [0.1, 0.15) is 11.3 Å². The quantitative estimate of drug-likeness (QED) is 0.724. The lowest BCUT2D eigenvalue weighted by Crippen LogP contribution is -2.25. The molecule has 0 bridgehead atoms. The van der Waals surface area contributed by atoms with Crippen molar-refractivity contribution < 1.29 is 24.9 Å². The lowest BCUT2D eigenvalue weighted by Gasteiger charge is -2.17. The third-order valence-corrected chi connectivity index (χ3v) is 2.99. The van der Waals surface area contributed by atoms with Crippen molar-refractivity contribution in [2.24, 2.45) is 5.92 Å². The summed E-state index contributed by atoms with van der Waals surface area (Å²) < 4.78 is 0. The van der Waals surface area contributed by atoms with E-state index >= 15 is 0 Å². The number of anilines is 1. The Hall–Kier alpha value is -2.08. The normalized spacial score (nSPS) is 19.3. The molecule has 0 aromatic heterocycles. The van der Waals surface area contributed by atoms with Crippen molar-refractivity contribution in [3.63, 3.8) is 0 Å². The van der Waals surface area contributed by atoms with Crippen molar-refractivity contribution in [3.05, 3.63) is 23.8 Å². The molecule has 96 valence electrons. The summed E-state index contributed by atoms with van der Waals surface area (Å²) in [5.41, 5.74) is 0.180. The Morgan fingerprint density at radius 2 is 2.17 bits per heavy atom. The molecule has 2 rings (SSSR count). The van der Waals surface area contributed by atoms with Crippen molar-refractivity contribution in [3.8, 4) is 5.75 Å². The van der Waals surface area contributed by atoms with Crippen LogP contribution in [0.2, 0.25) is 0 Å². The van der Waals surface area contributed by atoms with Gasteiger partial charge in [0.25, 0.3) is 0 Å². The maximum absolute atomic E-state index is 11.7. The number of nitrogens with zero attached hydrogens (tertiary/aromatic N) is 1. The van der Waals surface area contributed by atoms with Crippen LogP contribution in [-0.4, -0.2) is 40.3 Å². The molecule has 1 heterocycles. The number of rotatable bonds is 3. The summed E-state index contributed by atoms with van der Waals surface area (Å²) in [6, 6.07) is 3.99. The molecular weight excluding hydrogens is 238 g/mol. The predicted molar refractivity (Wildman–Crippen MR) is 62.6 cm³/mol. The minimum atomic E-state index is -1.25. The molecule has 1 aromatic rings. The van der Waals surface area contributed by atoms with Crippen LogP contribution in [-0.2, 0) is 4.79 Å². The number of carboxylic acid groups (broad SMARTS) is 1. The monoisotopic (exact) mass is 251 g/mol. The van der Waals surface area contributed by atoms with Crippen LogP contribution >= 0.6 is 0 Å². The number of carbonyl (C=O) groups excluding carboxylic acids is 1. The molecule has 18 heavy (non-hydrogen) atoms. The molecule has 1 unspecified atom stereocenters. The van der Waals surface area contributed by atoms with Gasteiger partial charge in [0.2, 0.25) is 5.91 Å². The molecule has 1 aliphatic rings. The number of hydrogen-bond donors (Lipinski definition) is 3. The van der Waals surface area contributed by atoms with Crippen LogP contribution in [0.4, 0.5) is 5.69 Å². The third kappa shape index (κ3) is 2.14. The second-order valence-corrected chi connectivity index (χ2v) is 4.26. The van der Waals surface area contributed by atoms with Crippen LogP contribution in [0.5, 0.6) is 5.75 Å². The predicted octanol–water partition coefficient (Wildman–Crippen LogP) is 0.436. The molecule has 1 fully saturated rings. The molecule has 0 spiro atoms. The van der Waals surface area contributed by atoms with Crippen LogP contribution in [0.3, 0.4) is 0 Å². The zero-order chi connectivity index (χ0) is 13.3. The number of aromatic hydroxyl groups is 1. The van der Waals surface area contributed by atoms with Crippen LogP contribution in [0.25, 0.3) is 0 Å². The van der Waals surface area contributed by atoms with Crippen LogP contribution in [0.15, 0.2) is 18.2 Å². The highest BCUT2D eigenvalue weighted by atomic mass is 16.4. The Kier molecular flexibility index (Phi) is 3.20. The van der Waals surface area contributed by atoms with Gasteiger partial charge in [-0.1, -0.05) is 0 Å². The zero-order valence-corrected chi connectivity index (χ0v) is 9.54. The summed E-state index contributed by atoms with van der Waals surface area (Å²) >= 11 is 0. The summed E-state index contributed by atoms with van der Waals surface area (Å²) in [5, 5.41) is 27.3. The second-order valence-electron chi connectivity index (χ2n) is 4.26. The number of phenols is 1. The molecule has 1 atom stereocenters. The summed E-state index contributed by atoms with van der Waals surface area (Å²) in [5.74, 6) is -1.87. The van der Waals surface area contributed by atoms with Crippen molar-refractivity contribution in [2.75, 3.05) is 18.1 Å². The average Bonchev–Trinajstić information content (AvgIpc) is 2.71. The number of carbonyl (C=O) groups is 2. The molecule has 0 radical (unpaired) electrons. The SMILES string of the molecule is O=C(O)c1cc(N2CC(CO)CC2=O)ccc1O. The highest BCUT2D eigenvalue weighted by Gasteiger charge is 2.30. The fourth-order valence-corrected chi connectivity index (χ4v) is 2.02. The van der Waals surface area contributed by atoms with Gasteiger partial charge in [-0.25, -0.2) is 4.79 Å². The minimum absolute atomic E-state index is 0.0773.